The average Bonchev–Trinajstić information content (AvgIpc) is 3.16. The van der Waals surface area contributed by atoms with Gasteiger partial charge in [-0.05, 0) is 56.1 Å². The van der Waals surface area contributed by atoms with Gasteiger partial charge in [-0.2, -0.15) is 0 Å². The Morgan fingerprint density at radius 1 is 1.38 bits per heavy atom. The van der Waals surface area contributed by atoms with Crippen LogP contribution >= 0.6 is 0 Å². The van der Waals surface area contributed by atoms with Crippen molar-refractivity contribution in [3.05, 3.63) is 23.9 Å². The van der Waals surface area contributed by atoms with Crippen molar-refractivity contribution >= 4 is 21.8 Å². The molecule has 130 valence electrons. The first kappa shape index (κ1) is 15.9. The molecule has 2 heterocycles. The average molecular weight is 349 g/mol. The van der Waals surface area contributed by atoms with Gasteiger partial charge in [0, 0.05) is 18.8 Å². The van der Waals surface area contributed by atoms with Gasteiger partial charge in [0.05, 0.1) is 11.3 Å². The van der Waals surface area contributed by atoms with Crippen molar-refractivity contribution in [2.24, 2.45) is 22.2 Å². The first-order valence-electron chi connectivity index (χ1n) is 8.72. The Hall–Kier alpha value is -1.63. The minimum absolute atomic E-state index is 0.0166. The molecule has 1 amide bonds. The maximum Gasteiger partial charge on any atom is 0.256 e. The lowest BCUT2D eigenvalue weighted by Gasteiger charge is -2.31. The Morgan fingerprint density at radius 2 is 2.21 bits per heavy atom. The Bertz CT molecular complexity index is 753. The Morgan fingerprint density at radius 3 is 2.92 bits per heavy atom. The molecule has 2 aliphatic heterocycles. The highest BCUT2D eigenvalue weighted by molar-refractivity contribution is 7.90. The monoisotopic (exact) mass is 349 g/mol. The third-order valence-corrected chi connectivity index (χ3v) is 7.05. The van der Waals surface area contributed by atoms with Gasteiger partial charge in [-0.25, -0.2) is 8.42 Å². The number of amidine groups is 1. The van der Waals surface area contributed by atoms with Gasteiger partial charge in [-0.15, -0.1) is 4.40 Å². The molecule has 2 saturated carbocycles. The van der Waals surface area contributed by atoms with Crippen LogP contribution in [0.15, 0.2) is 28.3 Å². The normalized spacial score (nSPS) is 34.4. The predicted octanol–water partition coefficient (Wildman–Crippen LogP) is 1.42. The number of carbonyl (C=O) groups is 1. The van der Waals surface area contributed by atoms with Gasteiger partial charge in [0.15, 0.2) is 5.84 Å². The van der Waals surface area contributed by atoms with Crippen LogP contribution in [0.5, 0.6) is 0 Å². The van der Waals surface area contributed by atoms with Gasteiger partial charge in [0.2, 0.25) is 0 Å². The van der Waals surface area contributed by atoms with E-state index >= 15 is 0 Å². The molecule has 0 aromatic heterocycles. The van der Waals surface area contributed by atoms with E-state index in [0.29, 0.717) is 18.0 Å². The summed E-state index contributed by atoms with van der Waals surface area (Å²) in [6, 6.07) is 0.105. The molecule has 0 radical (unpaired) electrons. The quantitative estimate of drug-likeness (QED) is 0.836. The van der Waals surface area contributed by atoms with Crippen LogP contribution in [-0.2, 0) is 14.8 Å². The van der Waals surface area contributed by atoms with Crippen LogP contribution in [-0.4, -0.2) is 43.4 Å². The van der Waals surface area contributed by atoms with Gasteiger partial charge in [-0.1, -0.05) is 6.42 Å². The number of nitrogens with zero attached hydrogens (tertiary/aromatic N) is 2. The number of amides is 1. The van der Waals surface area contributed by atoms with Crippen LogP contribution in [0, 0.1) is 17.8 Å². The number of rotatable bonds is 3. The standard InChI is InChI=1S/C17H23N3O3S/c1-11(15-10-12-4-5-13(15)9-12)18-17(21)14-3-2-6-20-7-8-24(22,23)19-16(14)20/h2-3,6,11-13,15H,4-5,7-10H2,1H3,(H,18,21)/t11-,12-,13-,15-/m0/s1. The molecule has 0 aromatic carbocycles. The fourth-order valence-electron chi connectivity index (χ4n) is 4.69. The molecule has 4 atom stereocenters. The second kappa shape index (κ2) is 5.72. The summed E-state index contributed by atoms with van der Waals surface area (Å²) in [6.45, 7) is 2.41. The lowest BCUT2D eigenvalue weighted by atomic mass is 9.84. The molecule has 24 heavy (non-hydrogen) atoms. The zero-order valence-corrected chi connectivity index (χ0v) is 14.6. The highest BCUT2D eigenvalue weighted by Crippen LogP contribution is 2.49. The molecule has 1 N–H and O–H groups in total. The first-order valence-corrected chi connectivity index (χ1v) is 10.3. The van der Waals surface area contributed by atoms with E-state index in [1.165, 1.54) is 25.7 Å². The Kier molecular flexibility index (Phi) is 3.78. The van der Waals surface area contributed by atoms with Gasteiger partial charge < -0.3 is 10.2 Å². The molecular weight excluding hydrogens is 326 g/mol. The number of allylic oxidation sites excluding steroid dienone is 2. The van der Waals surface area contributed by atoms with Crippen LogP contribution in [0.25, 0.3) is 0 Å². The molecule has 4 rings (SSSR count). The fraction of sp³-hybridized carbons (Fsp3) is 0.647. The zero-order valence-electron chi connectivity index (χ0n) is 13.8. The summed E-state index contributed by atoms with van der Waals surface area (Å²) >= 11 is 0. The van der Waals surface area contributed by atoms with Gasteiger partial charge in [0.25, 0.3) is 15.9 Å². The Balaban J connectivity index is 1.50. The minimum atomic E-state index is -3.48. The van der Waals surface area contributed by atoms with E-state index in [1.54, 1.807) is 23.3 Å². The lowest BCUT2D eigenvalue weighted by molar-refractivity contribution is -0.118. The van der Waals surface area contributed by atoms with Crippen LogP contribution in [0.3, 0.4) is 0 Å². The van der Waals surface area contributed by atoms with Gasteiger partial charge in [-0.3, -0.25) is 4.79 Å². The summed E-state index contributed by atoms with van der Waals surface area (Å²) in [5.74, 6) is 2.11. The number of carbonyl (C=O) groups excluding carboxylic acids is 1. The third-order valence-electron chi connectivity index (χ3n) is 5.90. The lowest BCUT2D eigenvalue weighted by Crippen LogP contribution is -2.46. The van der Waals surface area contributed by atoms with Crippen molar-refractivity contribution in [3.8, 4) is 0 Å². The summed E-state index contributed by atoms with van der Waals surface area (Å²) in [5.41, 5.74) is 0.343. The van der Waals surface area contributed by atoms with Crippen molar-refractivity contribution in [2.75, 3.05) is 12.3 Å². The van der Waals surface area contributed by atoms with Crippen molar-refractivity contribution in [2.45, 2.75) is 38.6 Å². The van der Waals surface area contributed by atoms with Gasteiger partial charge in [0.1, 0.15) is 0 Å². The summed E-state index contributed by atoms with van der Waals surface area (Å²) in [6.07, 6.45) is 10.3. The van der Waals surface area contributed by atoms with E-state index in [-0.39, 0.29) is 23.5 Å². The number of sulfonamides is 1. The number of nitrogens with one attached hydrogen (secondary N) is 1. The summed E-state index contributed by atoms with van der Waals surface area (Å²) in [7, 11) is -3.48. The largest absolute Gasteiger partial charge is 0.349 e. The Labute approximate surface area is 142 Å². The number of hydrogen-bond acceptors (Lipinski definition) is 4. The summed E-state index contributed by atoms with van der Waals surface area (Å²) in [4.78, 5) is 14.5. The zero-order chi connectivity index (χ0) is 16.9. The predicted molar refractivity (Wildman–Crippen MR) is 91.7 cm³/mol. The molecular formula is C17H23N3O3S. The maximum atomic E-state index is 12.7. The van der Waals surface area contributed by atoms with E-state index in [0.717, 1.165) is 11.8 Å². The molecule has 2 fully saturated rings. The molecule has 7 heteroatoms. The summed E-state index contributed by atoms with van der Waals surface area (Å²) < 4.78 is 27.4. The molecule has 2 bridgehead atoms. The molecule has 4 aliphatic rings. The van der Waals surface area contributed by atoms with E-state index in [4.69, 9.17) is 0 Å². The molecule has 0 aromatic rings. The van der Waals surface area contributed by atoms with E-state index in [9.17, 15) is 13.2 Å². The second-order valence-corrected chi connectivity index (χ2v) is 9.17. The number of fused-ring (bicyclic) bond motifs is 3. The van der Waals surface area contributed by atoms with Crippen LogP contribution in [0.1, 0.15) is 32.6 Å². The van der Waals surface area contributed by atoms with Crippen LogP contribution in [0.2, 0.25) is 0 Å². The fourth-order valence-corrected chi connectivity index (χ4v) is 5.68. The topological polar surface area (TPSA) is 78.8 Å². The van der Waals surface area contributed by atoms with Crippen molar-refractivity contribution in [1.29, 1.82) is 0 Å². The smallest absolute Gasteiger partial charge is 0.256 e. The molecule has 0 saturated heterocycles. The summed E-state index contributed by atoms with van der Waals surface area (Å²) in [5, 5.41) is 3.09. The van der Waals surface area contributed by atoms with Crippen molar-refractivity contribution in [1.82, 2.24) is 10.2 Å². The van der Waals surface area contributed by atoms with Gasteiger partial charge >= 0.3 is 0 Å². The van der Waals surface area contributed by atoms with Crippen LogP contribution < -0.4 is 5.32 Å². The highest BCUT2D eigenvalue weighted by atomic mass is 32.2. The number of hydrogen-bond donors (Lipinski definition) is 1. The highest BCUT2D eigenvalue weighted by Gasteiger charge is 2.42. The maximum absolute atomic E-state index is 12.7. The second-order valence-electron chi connectivity index (χ2n) is 7.42. The SMILES string of the molecule is C[C@H](NC(=O)C1=CC=CN2CCS(=O)(=O)N=C12)[C@@H]1C[C@H]2CC[C@H]1C2. The van der Waals surface area contributed by atoms with Crippen molar-refractivity contribution < 1.29 is 13.2 Å². The molecule has 0 spiro atoms. The molecule has 6 nitrogen and oxygen atoms in total. The first-order chi connectivity index (χ1) is 11.4. The molecule has 2 aliphatic carbocycles. The van der Waals surface area contributed by atoms with Crippen LogP contribution in [0.4, 0.5) is 0 Å². The van der Waals surface area contributed by atoms with Crippen molar-refractivity contribution in [3.63, 3.8) is 0 Å². The minimum Gasteiger partial charge on any atom is -0.349 e. The molecule has 0 unspecified atom stereocenters. The van der Waals surface area contributed by atoms with E-state index < -0.39 is 10.0 Å². The third kappa shape index (κ3) is 2.79. The van der Waals surface area contributed by atoms with E-state index in [2.05, 4.69) is 16.6 Å². The van der Waals surface area contributed by atoms with E-state index in [1.807, 2.05) is 0 Å².